The second-order valence-electron chi connectivity index (χ2n) is 4.16. The third-order valence-corrected chi connectivity index (χ3v) is 5.22. The molecule has 0 N–H and O–H groups in total. The molecule has 20 heavy (non-hydrogen) atoms. The van der Waals surface area contributed by atoms with Crippen molar-refractivity contribution in [2.45, 2.75) is 11.4 Å². The minimum absolute atomic E-state index is 0.0105. The predicted octanol–water partition coefficient (Wildman–Crippen LogP) is 1.94. The number of hydrogen-bond donors (Lipinski definition) is 0. The van der Waals surface area contributed by atoms with Gasteiger partial charge in [0.1, 0.15) is 15.9 Å². The Hall–Kier alpha value is -1.15. The van der Waals surface area contributed by atoms with E-state index in [9.17, 15) is 8.42 Å². The molecule has 0 saturated carbocycles. The summed E-state index contributed by atoms with van der Waals surface area (Å²) >= 11 is 11.5. The van der Waals surface area contributed by atoms with Crippen LogP contribution in [0.1, 0.15) is 5.82 Å². The Balaban J connectivity index is 2.29. The minimum atomic E-state index is -3.70. The molecule has 108 valence electrons. The Bertz CT molecular complexity index is 730. The topological polar surface area (TPSA) is 68.1 Å². The summed E-state index contributed by atoms with van der Waals surface area (Å²) in [5, 5.41) is 0.163. The molecule has 2 aromatic rings. The number of hydrogen-bond acceptors (Lipinski definition) is 4. The fourth-order valence-corrected chi connectivity index (χ4v) is 2.99. The zero-order valence-electron chi connectivity index (χ0n) is 10.8. The number of rotatable bonds is 4. The van der Waals surface area contributed by atoms with Crippen molar-refractivity contribution in [1.29, 1.82) is 0 Å². The lowest BCUT2D eigenvalue weighted by Gasteiger charge is -2.17. The Morgan fingerprint density at radius 3 is 2.60 bits per heavy atom. The number of sulfonamides is 1. The highest BCUT2D eigenvalue weighted by Crippen LogP contribution is 2.24. The second-order valence-corrected chi connectivity index (χ2v) is 6.97. The zero-order chi connectivity index (χ0) is 14.9. The Labute approximate surface area is 127 Å². The van der Waals surface area contributed by atoms with Crippen molar-refractivity contribution in [2.24, 2.45) is 7.05 Å². The summed E-state index contributed by atoms with van der Waals surface area (Å²) < 4.78 is 27.7. The molecule has 0 aliphatic rings. The van der Waals surface area contributed by atoms with Crippen LogP contribution in [0.2, 0.25) is 10.2 Å². The lowest BCUT2D eigenvalue weighted by Crippen LogP contribution is -2.27. The van der Waals surface area contributed by atoms with Crippen LogP contribution < -0.4 is 0 Å². The number of pyridine rings is 1. The number of aromatic nitrogens is 3. The summed E-state index contributed by atoms with van der Waals surface area (Å²) in [6.45, 7) is 0.145. The highest BCUT2D eigenvalue weighted by molar-refractivity contribution is 7.89. The van der Waals surface area contributed by atoms with E-state index in [1.54, 1.807) is 24.0 Å². The van der Waals surface area contributed by atoms with Gasteiger partial charge in [-0.1, -0.05) is 23.2 Å². The van der Waals surface area contributed by atoms with Crippen molar-refractivity contribution in [1.82, 2.24) is 18.8 Å². The van der Waals surface area contributed by atoms with Gasteiger partial charge >= 0.3 is 0 Å². The van der Waals surface area contributed by atoms with E-state index < -0.39 is 10.0 Å². The molecule has 0 bridgehead atoms. The average molecular weight is 335 g/mol. The van der Waals surface area contributed by atoms with Crippen molar-refractivity contribution >= 4 is 33.2 Å². The molecule has 0 radical (unpaired) electrons. The van der Waals surface area contributed by atoms with Gasteiger partial charge in [0.15, 0.2) is 0 Å². The SMILES string of the molecule is CN(Cc1nccn1C)S(=O)(=O)c1cnc(Cl)c(Cl)c1. The third-order valence-electron chi connectivity index (χ3n) is 2.76. The molecular weight excluding hydrogens is 323 g/mol. The van der Waals surface area contributed by atoms with Crippen molar-refractivity contribution in [3.05, 3.63) is 40.7 Å². The average Bonchev–Trinajstić information content (AvgIpc) is 2.78. The lowest BCUT2D eigenvalue weighted by atomic mass is 10.5. The maximum atomic E-state index is 12.4. The van der Waals surface area contributed by atoms with Gasteiger partial charge in [0.2, 0.25) is 10.0 Å². The molecule has 0 fully saturated rings. The summed E-state index contributed by atoms with van der Waals surface area (Å²) in [7, 11) is -0.437. The van der Waals surface area contributed by atoms with Crippen LogP contribution in [0.15, 0.2) is 29.6 Å². The van der Waals surface area contributed by atoms with Gasteiger partial charge in [-0.2, -0.15) is 4.31 Å². The Morgan fingerprint density at radius 2 is 2.05 bits per heavy atom. The monoisotopic (exact) mass is 334 g/mol. The number of nitrogens with zero attached hydrogens (tertiary/aromatic N) is 4. The molecule has 0 unspecified atom stereocenters. The van der Waals surface area contributed by atoms with Gasteiger partial charge in [-0.3, -0.25) is 0 Å². The van der Waals surface area contributed by atoms with Gasteiger partial charge in [0.05, 0.1) is 11.6 Å². The standard InChI is InChI=1S/C11H12Cl2N4O2S/c1-16-4-3-14-10(16)7-17(2)20(18,19)8-5-9(12)11(13)15-6-8/h3-6H,7H2,1-2H3. The highest BCUT2D eigenvalue weighted by atomic mass is 35.5. The molecule has 0 saturated heterocycles. The number of imidazole rings is 1. The van der Waals surface area contributed by atoms with Crippen molar-refractivity contribution < 1.29 is 8.42 Å². The molecule has 2 heterocycles. The van der Waals surface area contributed by atoms with Gasteiger partial charge < -0.3 is 4.57 Å². The van der Waals surface area contributed by atoms with Gasteiger partial charge in [-0.05, 0) is 6.07 Å². The molecule has 0 aromatic carbocycles. The second kappa shape index (κ2) is 5.69. The van der Waals surface area contributed by atoms with E-state index >= 15 is 0 Å². The van der Waals surface area contributed by atoms with Gasteiger partial charge in [0, 0.05) is 32.7 Å². The first-order valence-corrected chi connectivity index (χ1v) is 7.75. The van der Waals surface area contributed by atoms with Crippen LogP contribution in [-0.2, 0) is 23.6 Å². The summed E-state index contributed by atoms with van der Waals surface area (Å²) in [6, 6.07) is 1.28. The molecule has 0 aliphatic carbocycles. The molecule has 2 rings (SSSR count). The largest absolute Gasteiger partial charge is 0.337 e. The normalized spacial score (nSPS) is 12.1. The summed E-state index contributed by atoms with van der Waals surface area (Å²) in [6.07, 6.45) is 4.53. The predicted molar refractivity (Wildman–Crippen MR) is 76.1 cm³/mol. The molecule has 6 nitrogen and oxygen atoms in total. The van der Waals surface area contributed by atoms with Crippen LogP contribution in [0.3, 0.4) is 0 Å². The first-order chi connectivity index (χ1) is 9.32. The fraction of sp³-hybridized carbons (Fsp3) is 0.273. The molecule has 2 aromatic heterocycles. The van der Waals surface area contributed by atoms with Crippen molar-refractivity contribution in [3.8, 4) is 0 Å². The van der Waals surface area contributed by atoms with Crippen LogP contribution in [0.25, 0.3) is 0 Å². The third kappa shape index (κ3) is 2.95. The maximum absolute atomic E-state index is 12.4. The van der Waals surface area contributed by atoms with Crippen LogP contribution in [0.4, 0.5) is 0 Å². The smallest absolute Gasteiger partial charge is 0.244 e. The van der Waals surface area contributed by atoms with E-state index in [-0.39, 0.29) is 21.6 Å². The summed E-state index contributed by atoms with van der Waals surface area (Å²) in [5.74, 6) is 0.629. The van der Waals surface area contributed by atoms with E-state index in [0.29, 0.717) is 5.82 Å². The zero-order valence-corrected chi connectivity index (χ0v) is 13.1. The van der Waals surface area contributed by atoms with Crippen LogP contribution >= 0.6 is 23.2 Å². The van der Waals surface area contributed by atoms with Crippen molar-refractivity contribution in [3.63, 3.8) is 0 Å². The van der Waals surface area contributed by atoms with E-state index in [1.807, 2.05) is 0 Å². The molecule has 9 heteroatoms. The lowest BCUT2D eigenvalue weighted by molar-refractivity contribution is 0.451. The Kier molecular flexibility index (Phi) is 4.33. The molecule has 0 amide bonds. The van der Waals surface area contributed by atoms with Gasteiger partial charge in [0.25, 0.3) is 0 Å². The van der Waals surface area contributed by atoms with Crippen LogP contribution in [-0.4, -0.2) is 34.3 Å². The van der Waals surface area contributed by atoms with Gasteiger partial charge in [-0.25, -0.2) is 18.4 Å². The first kappa shape index (κ1) is 15.2. The molecule has 0 spiro atoms. The van der Waals surface area contributed by atoms with Crippen molar-refractivity contribution in [2.75, 3.05) is 7.05 Å². The minimum Gasteiger partial charge on any atom is -0.337 e. The van der Waals surface area contributed by atoms with Gasteiger partial charge in [-0.15, -0.1) is 0 Å². The van der Waals surface area contributed by atoms with Crippen LogP contribution in [0, 0.1) is 0 Å². The highest BCUT2D eigenvalue weighted by Gasteiger charge is 2.23. The number of halogens is 2. The summed E-state index contributed by atoms with van der Waals surface area (Å²) in [4.78, 5) is 7.83. The van der Waals surface area contributed by atoms with Crippen LogP contribution in [0.5, 0.6) is 0 Å². The molecular formula is C11H12Cl2N4O2S. The van der Waals surface area contributed by atoms with E-state index in [4.69, 9.17) is 23.2 Å². The first-order valence-electron chi connectivity index (χ1n) is 5.56. The summed E-state index contributed by atoms with van der Waals surface area (Å²) in [5.41, 5.74) is 0. The Morgan fingerprint density at radius 1 is 1.35 bits per heavy atom. The quantitative estimate of drug-likeness (QED) is 0.801. The molecule has 0 aliphatic heterocycles. The maximum Gasteiger partial charge on any atom is 0.244 e. The number of aryl methyl sites for hydroxylation is 1. The van der Waals surface area contributed by atoms with E-state index in [1.165, 1.54) is 23.6 Å². The van der Waals surface area contributed by atoms with E-state index in [0.717, 1.165) is 0 Å². The van der Waals surface area contributed by atoms with E-state index in [2.05, 4.69) is 9.97 Å². The fourth-order valence-electron chi connectivity index (χ4n) is 1.56. The molecule has 0 atom stereocenters.